The first kappa shape index (κ1) is 66.3. The number of alkyl carbamates (subject to hydrolysis) is 1. The van der Waals surface area contributed by atoms with Crippen LogP contribution in [0.4, 0.5) is 10.5 Å². The number of fused-ring (bicyclic) bond motifs is 4. The van der Waals surface area contributed by atoms with Gasteiger partial charge in [-0.1, -0.05) is 36.7 Å². The predicted molar refractivity (Wildman–Crippen MR) is 352 cm³/mol. The summed E-state index contributed by atoms with van der Waals surface area (Å²) in [5.41, 5.74) is 13.4. The number of aromatic nitrogens is 8. The number of halogens is 1. The van der Waals surface area contributed by atoms with E-state index in [4.69, 9.17) is 36.7 Å². The topological polar surface area (TPSA) is 258 Å². The summed E-state index contributed by atoms with van der Waals surface area (Å²) in [5.74, 6) is 1.48. The number of aliphatic carboxylic acids is 1. The number of nitrogens with zero attached hydrogens (tertiary/aromatic N) is 10. The molecule has 6 heterocycles. The molecule has 0 unspecified atom stereocenters. The maximum atomic E-state index is 14.7. The molecule has 8 aliphatic rings. The first-order chi connectivity index (χ1) is 43.9. The van der Waals surface area contributed by atoms with E-state index in [1.165, 1.54) is 16.8 Å². The Labute approximate surface area is 545 Å². The molecule has 4 N–H and O–H groups in total. The van der Waals surface area contributed by atoms with Gasteiger partial charge in [-0.15, -0.1) is 0 Å². The number of allylic oxidation sites excluding steroid dienone is 1. The molecule has 14 atom stereocenters. The molecule has 1 spiro atoms. The number of rotatable bonds is 11. The average molecular weight is 1300 g/mol. The number of ether oxygens (including phenoxy) is 3. The van der Waals surface area contributed by atoms with E-state index in [1.807, 2.05) is 119 Å². The largest absolute Gasteiger partial charge is 0.490 e. The lowest BCUT2D eigenvalue weighted by Gasteiger charge is -2.46. The molecule has 2 bridgehead atoms. The van der Waals surface area contributed by atoms with Crippen molar-refractivity contribution < 1.29 is 42.7 Å². The fourth-order valence-corrected chi connectivity index (χ4v) is 16.9. The third-order valence-electron chi connectivity index (χ3n) is 19.8. The number of carboxylic acids is 1. The lowest BCUT2D eigenvalue weighted by molar-refractivity contribution is -0.138. The summed E-state index contributed by atoms with van der Waals surface area (Å²) in [7, 11) is 6.21. The summed E-state index contributed by atoms with van der Waals surface area (Å²) >= 11 is 6.47. The molecule has 23 heteroatoms. The average Bonchev–Trinajstić information content (AvgIpc) is 1.44. The van der Waals surface area contributed by atoms with Crippen LogP contribution in [-0.2, 0) is 68.8 Å². The molecular weight excluding hydrogens is 1210 g/mol. The number of benzene rings is 2. The molecular formula is C69H91ClN12O9S. The minimum absolute atomic E-state index is 0.0301. The number of carboxylic acid groups (broad SMARTS) is 1. The van der Waals surface area contributed by atoms with Gasteiger partial charge >= 0.3 is 12.1 Å². The lowest BCUT2D eigenvalue weighted by Crippen LogP contribution is -2.49. The van der Waals surface area contributed by atoms with E-state index >= 15 is 0 Å². The number of nitrogens with two attached hydrogens (primary N) is 1. The summed E-state index contributed by atoms with van der Waals surface area (Å²) in [6.45, 7) is 9.67. The fourth-order valence-electron chi connectivity index (χ4n) is 14.4. The highest BCUT2D eigenvalue weighted by Crippen LogP contribution is 2.51. The quantitative estimate of drug-likeness (QED) is 0.102. The van der Waals surface area contributed by atoms with Crippen LogP contribution in [0.2, 0.25) is 5.02 Å². The molecule has 14 rings (SSSR count). The van der Waals surface area contributed by atoms with Crippen molar-refractivity contribution in [3.8, 4) is 5.75 Å². The third kappa shape index (κ3) is 15.7. The second-order valence-electron chi connectivity index (χ2n) is 28.0. The van der Waals surface area contributed by atoms with Gasteiger partial charge in [0, 0.05) is 160 Å². The molecule has 2 aromatic carbocycles. The van der Waals surface area contributed by atoms with Crippen LogP contribution in [0.3, 0.4) is 0 Å². The Hall–Kier alpha value is -7.14. The Morgan fingerprint density at radius 2 is 1.48 bits per heavy atom. The Bertz CT molecular complexity index is 3820. The number of anilines is 1. The van der Waals surface area contributed by atoms with Crippen molar-refractivity contribution in [1.29, 1.82) is 0 Å². The van der Waals surface area contributed by atoms with Crippen LogP contribution < -0.4 is 20.7 Å². The zero-order valence-corrected chi connectivity index (χ0v) is 56.1. The number of hydrogen-bond acceptors (Lipinski definition) is 14. The Kier molecular flexibility index (Phi) is 19.8. The van der Waals surface area contributed by atoms with Crippen molar-refractivity contribution >= 4 is 50.8 Å². The third-order valence-corrected chi connectivity index (χ3v) is 22.4. The van der Waals surface area contributed by atoms with Crippen molar-refractivity contribution in [3.63, 3.8) is 0 Å². The van der Waals surface area contributed by atoms with E-state index in [0.29, 0.717) is 54.7 Å². The Balaban J connectivity index is 0.000000176. The molecule has 21 nitrogen and oxygen atoms in total. The van der Waals surface area contributed by atoms with Crippen LogP contribution in [0, 0.1) is 29.6 Å². The van der Waals surface area contributed by atoms with E-state index in [-0.39, 0.29) is 70.5 Å². The molecule has 2 aliphatic heterocycles. The van der Waals surface area contributed by atoms with E-state index in [1.54, 1.807) is 36.4 Å². The van der Waals surface area contributed by atoms with Crippen LogP contribution in [0.25, 0.3) is 0 Å². The number of carbonyl (C=O) groups is 4. The molecule has 92 heavy (non-hydrogen) atoms. The van der Waals surface area contributed by atoms with Crippen molar-refractivity contribution in [2.75, 3.05) is 43.2 Å². The van der Waals surface area contributed by atoms with Gasteiger partial charge in [0.1, 0.15) is 17.1 Å². The van der Waals surface area contributed by atoms with Gasteiger partial charge in [0.25, 0.3) is 5.91 Å². The van der Waals surface area contributed by atoms with Gasteiger partial charge in [0.05, 0.1) is 39.8 Å². The van der Waals surface area contributed by atoms with Gasteiger partial charge in [0.15, 0.2) is 0 Å². The smallest absolute Gasteiger partial charge is 0.407 e. The van der Waals surface area contributed by atoms with E-state index < -0.39 is 27.2 Å². The fraction of sp³-hybridized carbons (Fsp3) is 0.565. The van der Waals surface area contributed by atoms with Crippen molar-refractivity contribution in [2.45, 2.75) is 151 Å². The second-order valence-corrected chi connectivity index (χ2v) is 30.8. The SMILES string of the molecule is CO[C@H]1/C=C/C[C@H](C)C[S@@](=O)(CC(=O)C[C@@H]2C[C@H]2c2ccnn2C)=NC(=O)c2ccc3c(c2)N(C[C@@H]2CC[C@H]21)C[C@@]1(CCCc2cc(Cl)ccc21)CO3.Cn1nccc1[C@@H]1C[C@H]1C(=O)O.Cn1nccc1[C@@H]1C[C@H]1N.Cn1nccc1[C@@H]1C[C@H]1NC(=O)OC(C)(C)C. The number of nitrogens with one attached hydrogen (secondary N) is 1. The van der Waals surface area contributed by atoms with Gasteiger partial charge in [0.2, 0.25) is 0 Å². The molecule has 6 aromatic rings. The van der Waals surface area contributed by atoms with E-state index in [9.17, 15) is 23.4 Å². The molecule has 4 aromatic heterocycles. The number of methoxy groups -OCH3 is 1. The zero-order chi connectivity index (χ0) is 65.4. The minimum atomic E-state index is -3.20. The van der Waals surface area contributed by atoms with Crippen LogP contribution in [-0.4, -0.2) is 134 Å². The number of carbonyl (C=O) groups excluding carboxylic acids is 3. The van der Waals surface area contributed by atoms with Gasteiger partial charge in [-0.3, -0.25) is 33.1 Å². The molecule has 2 amide bonds. The maximum absolute atomic E-state index is 14.7. The summed E-state index contributed by atoms with van der Waals surface area (Å²) in [4.78, 5) is 52.2. The monoisotopic (exact) mass is 1300 g/mol. The van der Waals surface area contributed by atoms with Gasteiger partial charge in [-0.25, -0.2) is 9.00 Å². The normalized spacial score (nSPS) is 30.2. The van der Waals surface area contributed by atoms with Gasteiger partial charge in [-0.05, 0) is 174 Å². The number of Topliss-reactive ketones (excluding diaryl/α,β-unsaturated/α-hetero) is 1. The van der Waals surface area contributed by atoms with Crippen molar-refractivity contribution in [2.24, 2.45) is 67.9 Å². The molecule has 0 saturated heterocycles. The highest BCUT2D eigenvalue weighted by atomic mass is 35.5. The standard InChI is InChI=1S/C42H51ClN4O5S.C12H19N3O2.C8H10N2O2.C7H11N3/c1-27-6-4-8-39(51-3)34-12-9-30(34)22-47-25-42(16-5-7-28-18-32(43)11-13-36(28)42)26-52-40-14-10-29(21-38(40)47)41(49)45-53(50,23-27)24-33(48)19-31-20-35(31)37-15-17-44-46(37)2;1-12(2,3)17-11(16)14-9-7-8(9)10-5-6-13-15(10)4;1-10-7(2-3-9-10)5-4-6(5)8(11)12;1-10-7(2-3-9-10)5-4-6(5)8/h4,8,10-11,13-15,17-18,21,27,30-31,34-35,39H,5-7,9,12,16,19-20,22-26H2,1-3H3;5-6,8-9H,7H2,1-4H3,(H,14,16);2-3,5-6H,4H2,1H3,(H,11,12);2-3,5-6H,4,8H2,1H3/b8-4+;;;/t27-,30-,31+,34+,35+,39-,42-,53+;8-,9-;2*5-,6-/m0111/s1. The Morgan fingerprint density at radius 1 is 0.837 bits per heavy atom. The van der Waals surface area contributed by atoms with Crippen LogP contribution >= 0.6 is 11.6 Å². The van der Waals surface area contributed by atoms with Crippen LogP contribution in [0.5, 0.6) is 5.75 Å². The highest BCUT2D eigenvalue weighted by Gasteiger charge is 2.48. The minimum Gasteiger partial charge on any atom is -0.490 e. The highest BCUT2D eigenvalue weighted by molar-refractivity contribution is 7.94. The van der Waals surface area contributed by atoms with Gasteiger partial charge < -0.3 is 35.3 Å². The molecule has 6 aliphatic carbocycles. The van der Waals surface area contributed by atoms with E-state index in [0.717, 1.165) is 104 Å². The van der Waals surface area contributed by atoms with Gasteiger partial charge in [-0.2, -0.15) is 24.8 Å². The molecule has 5 saturated carbocycles. The molecule has 494 valence electrons. The summed E-state index contributed by atoms with van der Waals surface area (Å²) in [6.07, 6.45) is 20.9. The Morgan fingerprint density at radius 3 is 2.05 bits per heavy atom. The van der Waals surface area contributed by atoms with Crippen LogP contribution in [0.15, 0.2) is 102 Å². The van der Waals surface area contributed by atoms with Crippen molar-refractivity contribution in [3.05, 3.63) is 142 Å². The first-order valence-corrected chi connectivity index (χ1v) is 34.8. The van der Waals surface area contributed by atoms with Crippen LogP contribution in [0.1, 0.15) is 160 Å². The van der Waals surface area contributed by atoms with Crippen molar-refractivity contribution in [1.82, 2.24) is 44.4 Å². The number of hydrogen-bond donors (Lipinski definition) is 3. The first-order valence-electron chi connectivity index (χ1n) is 32.6. The second kappa shape index (κ2) is 27.4. The lowest BCUT2D eigenvalue weighted by atomic mass is 9.68. The molecule has 5 fully saturated rings. The number of ketones is 1. The zero-order valence-electron chi connectivity index (χ0n) is 54.5. The number of amides is 2. The number of aryl methyl sites for hydroxylation is 5. The summed E-state index contributed by atoms with van der Waals surface area (Å²) < 4.78 is 44.5. The maximum Gasteiger partial charge on any atom is 0.407 e. The summed E-state index contributed by atoms with van der Waals surface area (Å²) in [6, 6.07) is 20.2. The molecule has 0 radical (unpaired) electrons. The predicted octanol–water partition coefficient (Wildman–Crippen LogP) is 10.2. The van der Waals surface area contributed by atoms with E-state index in [2.05, 4.69) is 59.3 Å². The summed E-state index contributed by atoms with van der Waals surface area (Å²) in [5, 5.41) is 28.8.